The van der Waals surface area contributed by atoms with Gasteiger partial charge in [-0.25, -0.2) is 4.99 Å². The van der Waals surface area contributed by atoms with Crippen LogP contribution in [0.1, 0.15) is 6.92 Å². The first-order valence-electron chi connectivity index (χ1n) is 4.49. The first kappa shape index (κ1) is 11.2. The Labute approximate surface area is 88.2 Å². The smallest absolute Gasteiger partial charge is 0.0953 e. The van der Waals surface area contributed by atoms with Gasteiger partial charge in [-0.1, -0.05) is 0 Å². The van der Waals surface area contributed by atoms with Gasteiger partial charge in [0.1, 0.15) is 0 Å². The zero-order valence-corrected chi connectivity index (χ0v) is 8.46. The van der Waals surface area contributed by atoms with Crippen LogP contribution < -0.4 is 11.5 Å². The van der Waals surface area contributed by atoms with Gasteiger partial charge in [-0.3, -0.25) is 4.98 Å². The van der Waals surface area contributed by atoms with Crippen molar-refractivity contribution in [3.05, 3.63) is 36.4 Å². The molecule has 0 aliphatic carbocycles. The fraction of sp³-hybridized carbons (Fsp3) is 0.200. The summed E-state index contributed by atoms with van der Waals surface area (Å²) in [6.45, 7) is 1.57. The number of nitrogens with zero attached hydrogens (tertiary/aromatic N) is 2. The Morgan fingerprint density at radius 1 is 1.67 bits per heavy atom. The maximum Gasteiger partial charge on any atom is 0.0953 e. The Hall–Kier alpha value is -1.88. The molecule has 15 heavy (non-hydrogen) atoms. The summed E-state index contributed by atoms with van der Waals surface area (Å²) in [5, 5.41) is 9.45. The van der Waals surface area contributed by atoms with Crippen molar-refractivity contribution in [1.82, 2.24) is 4.98 Å². The number of aliphatic hydroxyl groups excluding tert-OH is 1. The van der Waals surface area contributed by atoms with Gasteiger partial charge in [0.25, 0.3) is 0 Å². The molecule has 1 aromatic heterocycles. The summed E-state index contributed by atoms with van der Waals surface area (Å²) in [6.07, 6.45) is 3.65. The summed E-state index contributed by atoms with van der Waals surface area (Å²) in [4.78, 5) is 8.06. The third-order valence-electron chi connectivity index (χ3n) is 1.77. The van der Waals surface area contributed by atoms with Crippen LogP contribution in [0, 0.1) is 0 Å². The summed E-state index contributed by atoms with van der Waals surface area (Å²) in [6, 6.07) is 3.51. The van der Waals surface area contributed by atoms with Crippen LogP contribution in [-0.4, -0.2) is 21.9 Å². The molecule has 0 spiro atoms. The van der Waals surface area contributed by atoms with E-state index < -0.39 is 6.10 Å². The summed E-state index contributed by atoms with van der Waals surface area (Å²) in [5.74, 6) is 0. The number of nitrogens with two attached hydrogens (primary N) is 2. The molecule has 0 saturated heterocycles. The third kappa shape index (κ3) is 3.07. The summed E-state index contributed by atoms with van der Waals surface area (Å²) >= 11 is 0. The molecule has 5 heteroatoms. The van der Waals surface area contributed by atoms with Crippen LogP contribution in [0.3, 0.4) is 0 Å². The normalized spacial score (nSPS) is 15.1. The molecule has 1 rings (SSSR count). The second-order valence-corrected chi connectivity index (χ2v) is 3.01. The Kier molecular flexibility index (Phi) is 3.82. The second kappa shape index (κ2) is 5.11. The largest absolute Gasteiger partial charge is 0.403 e. The van der Waals surface area contributed by atoms with E-state index in [0.717, 1.165) is 0 Å². The van der Waals surface area contributed by atoms with Crippen LogP contribution in [0.25, 0.3) is 0 Å². The molecule has 0 bridgehead atoms. The minimum atomic E-state index is -0.773. The van der Waals surface area contributed by atoms with Crippen LogP contribution >= 0.6 is 0 Å². The number of hydrogen-bond acceptors (Lipinski definition) is 5. The molecule has 1 unspecified atom stereocenters. The van der Waals surface area contributed by atoms with Gasteiger partial charge < -0.3 is 16.6 Å². The Balaban J connectivity index is 3.05. The Bertz CT molecular complexity index is 370. The Morgan fingerprint density at radius 3 is 2.87 bits per heavy atom. The SMILES string of the molecule is CC(O)C(=Nc1cccnc1)C(N)=CN. The molecule has 1 aromatic rings. The number of aromatic nitrogens is 1. The van der Waals surface area contributed by atoms with Gasteiger partial charge in [-0.15, -0.1) is 0 Å². The molecule has 0 saturated carbocycles. The summed E-state index contributed by atoms with van der Waals surface area (Å²) < 4.78 is 0. The average molecular weight is 206 g/mol. The van der Waals surface area contributed by atoms with Gasteiger partial charge in [0.05, 0.1) is 29.4 Å². The van der Waals surface area contributed by atoms with E-state index in [1.54, 1.807) is 31.5 Å². The molecule has 0 aliphatic rings. The predicted molar refractivity (Wildman–Crippen MR) is 59.5 cm³/mol. The van der Waals surface area contributed by atoms with E-state index in [2.05, 4.69) is 9.98 Å². The monoisotopic (exact) mass is 206 g/mol. The molecule has 0 radical (unpaired) electrons. The number of rotatable bonds is 3. The van der Waals surface area contributed by atoms with Crippen molar-refractivity contribution in [2.45, 2.75) is 13.0 Å². The molecule has 5 N–H and O–H groups in total. The highest BCUT2D eigenvalue weighted by atomic mass is 16.3. The number of pyridine rings is 1. The van der Waals surface area contributed by atoms with Gasteiger partial charge >= 0.3 is 0 Å². The lowest BCUT2D eigenvalue weighted by Gasteiger charge is -2.08. The van der Waals surface area contributed by atoms with E-state index in [9.17, 15) is 5.11 Å². The van der Waals surface area contributed by atoms with Crippen molar-refractivity contribution < 1.29 is 5.11 Å². The van der Waals surface area contributed by atoms with Crippen LogP contribution in [0.5, 0.6) is 0 Å². The van der Waals surface area contributed by atoms with Gasteiger partial charge in [0.2, 0.25) is 0 Å². The van der Waals surface area contributed by atoms with Crippen molar-refractivity contribution in [3.8, 4) is 0 Å². The number of aliphatic hydroxyl groups is 1. The van der Waals surface area contributed by atoms with Crippen molar-refractivity contribution in [2.24, 2.45) is 16.5 Å². The van der Waals surface area contributed by atoms with E-state index in [0.29, 0.717) is 11.4 Å². The van der Waals surface area contributed by atoms with Gasteiger partial charge in [-0.05, 0) is 19.1 Å². The van der Waals surface area contributed by atoms with E-state index in [1.165, 1.54) is 6.20 Å². The zero-order valence-electron chi connectivity index (χ0n) is 8.46. The lowest BCUT2D eigenvalue weighted by atomic mass is 10.2. The van der Waals surface area contributed by atoms with Crippen molar-refractivity contribution >= 4 is 11.4 Å². The fourth-order valence-electron chi connectivity index (χ4n) is 1.04. The van der Waals surface area contributed by atoms with E-state index in [4.69, 9.17) is 11.5 Å². The number of aliphatic imine (C=N–C) groups is 1. The first-order valence-corrected chi connectivity index (χ1v) is 4.49. The number of hydrogen-bond donors (Lipinski definition) is 3. The molecule has 0 aromatic carbocycles. The van der Waals surface area contributed by atoms with Gasteiger partial charge in [-0.2, -0.15) is 0 Å². The summed E-state index contributed by atoms with van der Waals surface area (Å²) in [7, 11) is 0. The van der Waals surface area contributed by atoms with Crippen LogP contribution in [-0.2, 0) is 0 Å². The molecule has 1 atom stereocenters. The molecule has 1 heterocycles. The van der Waals surface area contributed by atoms with Crippen molar-refractivity contribution in [2.75, 3.05) is 0 Å². The lowest BCUT2D eigenvalue weighted by molar-refractivity contribution is 0.262. The van der Waals surface area contributed by atoms with E-state index in [-0.39, 0.29) is 5.70 Å². The zero-order chi connectivity index (χ0) is 11.3. The first-order chi connectivity index (χ1) is 7.15. The quantitative estimate of drug-likeness (QED) is 0.619. The van der Waals surface area contributed by atoms with Crippen molar-refractivity contribution in [3.63, 3.8) is 0 Å². The van der Waals surface area contributed by atoms with E-state index in [1.807, 2.05) is 0 Å². The minimum absolute atomic E-state index is 0.258. The topological polar surface area (TPSA) is 97.5 Å². The minimum Gasteiger partial charge on any atom is -0.403 e. The Morgan fingerprint density at radius 2 is 2.40 bits per heavy atom. The molecule has 0 aliphatic heterocycles. The highest BCUT2D eigenvalue weighted by Crippen LogP contribution is 2.11. The maximum absolute atomic E-state index is 9.45. The second-order valence-electron chi connectivity index (χ2n) is 3.01. The third-order valence-corrected chi connectivity index (χ3v) is 1.77. The maximum atomic E-state index is 9.45. The average Bonchev–Trinajstić information content (AvgIpc) is 2.26. The standard InChI is InChI=1S/C10H14N4O/c1-7(15)10(9(12)5-11)14-8-3-2-4-13-6-8/h2-7,15H,11-12H2,1H3. The molecule has 5 nitrogen and oxygen atoms in total. The predicted octanol–water partition coefficient (Wildman–Crippen LogP) is 0.294. The lowest BCUT2D eigenvalue weighted by Crippen LogP contribution is -2.24. The van der Waals surface area contributed by atoms with Crippen LogP contribution in [0.15, 0.2) is 41.4 Å². The fourth-order valence-corrected chi connectivity index (χ4v) is 1.04. The van der Waals surface area contributed by atoms with Crippen LogP contribution in [0.2, 0.25) is 0 Å². The molecular weight excluding hydrogens is 192 g/mol. The molecule has 0 amide bonds. The molecule has 80 valence electrons. The molecule has 0 fully saturated rings. The van der Waals surface area contributed by atoms with Crippen molar-refractivity contribution in [1.29, 1.82) is 0 Å². The van der Waals surface area contributed by atoms with Gasteiger partial charge in [0.15, 0.2) is 0 Å². The highest BCUT2D eigenvalue weighted by molar-refractivity contribution is 6.03. The van der Waals surface area contributed by atoms with Gasteiger partial charge in [0, 0.05) is 12.4 Å². The summed E-state index contributed by atoms with van der Waals surface area (Å²) in [5.41, 5.74) is 12.1. The van der Waals surface area contributed by atoms with E-state index >= 15 is 0 Å². The molecular formula is C10H14N4O. The van der Waals surface area contributed by atoms with Crippen LogP contribution in [0.4, 0.5) is 5.69 Å². The highest BCUT2D eigenvalue weighted by Gasteiger charge is 2.09.